The van der Waals surface area contributed by atoms with Crippen molar-refractivity contribution in [2.75, 3.05) is 19.6 Å². The van der Waals surface area contributed by atoms with Gasteiger partial charge in [0.25, 0.3) is 0 Å². The summed E-state index contributed by atoms with van der Waals surface area (Å²) in [7, 11) is 0. The van der Waals surface area contributed by atoms with Gasteiger partial charge in [-0.15, -0.1) is 0 Å². The molecule has 0 saturated carbocycles. The fraction of sp³-hybridized carbons (Fsp3) is 0.650. The van der Waals surface area contributed by atoms with Crippen molar-refractivity contribution in [2.24, 2.45) is 5.92 Å². The molecule has 1 aromatic carbocycles. The normalized spacial score (nSPS) is 20.6. The molecule has 1 fully saturated rings. The highest BCUT2D eigenvalue weighted by Gasteiger charge is 2.38. The molecule has 1 aliphatic rings. The Morgan fingerprint density at radius 3 is 2.44 bits per heavy atom. The first-order valence-electron chi connectivity index (χ1n) is 9.11. The zero-order chi connectivity index (χ0) is 18.6. The molecule has 0 radical (unpaired) electrons. The number of nitrogens with zero attached hydrogens (tertiary/aromatic N) is 2. The fourth-order valence-electron chi connectivity index (χ4n) is 3.14. The molecular formula is C20H32N2O3. The number of amides is 1. The third-order valence-corrected chi connectivity index (χ3v) is 4.46. The van der Waals surface area contributed by atoms with Gasteiger partial charge in [0.1, 0.15) is 5.60 Å². The lowest BCUT2D eigenvalue weighted by Gasteiger charge is -2.44. The first-order valence-corrected chi connectivity index (χ1v) is 9.11. The lowest BCUT2D eigenvalue weighted by Crippen LogP contribution is -2.60. The van der Waals surface area contributed by atoms with Crippen LogP contribution in [0, 0.1) is 5.92 Å². The molecule has 1 unspecified atom stereocenters. The molecule has 5 heteroatoms. The van der Waals surface area contributed by atoms with Crippen molar-refractivity contribution in [1.82, 2.24) is 9.80 Å². The lowest BCUT2D eigenvalue weighted by atomic mass is 9.96. The van der Waals surface area contributed by atoms with Crippen molar-refractivity contribution in [3.05, 3.63) is 35.9 Å². The van der Waals surface area contributed by atoms with Gasteiger partial charge in [-0.2, -0.15) is 0 Å². The average Bonchev–Trinajstić information content (AvgIpc) is 2.53. The van der Waals surface area contributed by atoms with Gasteiger partial charge in [0, 0.05) is 26.2 Å². The van der Waals surface area contributed by atoms with E-state index in [1.54, 1.807) is 4.90 Å². The van der Waals surface area contributed by atoms with E-state index in [0.717, 1.165) is 13.1 Å². The second kappa shape index (κ2) is 8.19. The highest BCUT2D eigenvalue weighted by molar-refractivity contribution is 5.69. The maximum atomic E-state index is 12.6. The summed E-state index contributed by atoms with van der Waals surface area (Å²) in [6.45, 7) is 12.4. The summed E-state index contributed by atoms with van der Waals surface area (Å²) in [6, 6.07) is 10.0. The molecule has 5 nitrogen and oxygen atoms in total. The summed E-state index contributed by atoms with van der Waals surface area (Å²) >= 11 is 0. The number of aliphatic hydroxyl groups excluding tert-OH is 1. The van der Waals surface area contributed by atoms with Crippen LogP contribution in [0.15, 0.2) is 30.3 Å². The summed E-state index contributed by atoms with van der Waals surface area (Å²) in [4.78, 5) is 16.6. The number of benzene rings is 1. The van der Waals surface area contributed by atoms with Crippen molar-refractivity contribution in [3.8, 4) is 0 Å². The quantitative estimate of drug-likeness (QED) is 0.908. The van der Waals surface area contributed by atoms with Gasteiger partial charge in [-0.25, -0.2) is 4.79 Å². The standard InChI is InChI=1S/C20H32N2O3/c1-15(2)18(23)17-14-21(13-16-9-7-6-8-10-16)11-12-22(17)19(24)25-20(3,4)5/h6-10,15,17-18,23H,11-14H2,1-5H3/t17-,18?/m0/s1. The Labute approximate surface area is 151 Å². The summed E-state index contributed by atoms with van der Waals surface area (Å²) in [6.07, 6.45) is -0.914. The number of carbonyl (C=O) groups excluding carboxylic acids is 1. The Hall–Kier alpha value is -1.59. The Bertz CT molecular complexity index is 554. The molecule has 2 atom stereocenters. The van der Waals surface area contributed by atoms with Gasteiger partial charge in [0.05, 0.1) is 12.1 Å². The number of aliphatic hydroxyl groups is 1. The summed E-state index contributed by atoms with van der Waals surface area (Å²) in [5.41, 5.74) is 0.706. The topological polar surface area (TPSA) is 53.0 Å². The highest BCUT2D eigenvalue weighted by atomic mass is 16.6. The third-order valence-electron chi connectivity index (χ3n) is 4.46. The van der Waals surface area contributed by atoms with Crippen LogP contribution in [-0.2, 0) is 11.3 Å². The van der Waals surface area contributed by atoms with Gasteiger partial charge in [-0.1, -0.05) is 44.2 Å². The SMILES string of the molecule is CC(C)C(O)[C@@H]1CN(Cc2ccccc2)CCN1C(=O)OC(C)(C)C. The number of piperazine rings is 1. The molecule has 1 heterocycles. The zero-order valence-electron chi connectivity index (χ0n) is 16.1. The fourth-order valence-corrected chi connectivity index (χ4v) is 3.14. The van der Waals surface area contributed by atoms with Crippen LogP contribution >= 0.6 is 0 Å². The van der Waals surface area contributed by atoms with Gasteiger partial charge in [0.15, 0.2) is 0 Å². The molecule has 1 amide bonds. The summed E-state index contributed by atoms with van der Waals surface area (Å²) < 4.78 is 5.55. The van der Waals surface area contributed by atoms with Crippen LogP contribution in [-0.4, -0.2) is 58.4 Å². The number of carbonyl (C=O) groups is 1. The molecular weight excluding hydrogens is 316 g/mol. The first-order chi connectivity index (χ1) is 11.7. The molecule has 1 saturated heterocycles. The lowest BCUT2D eigenvalue weighted by molar-refractivity contribution is -0.0441. The van der Waals surface area contributed by atoms with Crippen LogP contribution in [0.3, 0.4) is 0 Å². The van der Waals surface area contributed by atoms with Crippen molar-refractivity contribution in [1.29, 1.82) is 0 Å². The predicted octanol–water partition coefficient (Wildman–Crippen LogP) is 3.12. The van der Waals surface area contributed by atoms with Crippen LogP contribution in [0.2, 0.25) is 0 Å². The maximum absolute atomic E-state index is 12.6. The molecule has 0 bridgehead atoms. The maximum Gasteiger partial charge on any atom is 0.410 e. The average molecular weight is 348 g/mol. The Balaban J connectivity index is 2.10. The van der Waals surface area contributed by atoms with Gasteiger partial charge in [-0.05, 0) is 32.3 Å². The molecule has 1 N–H and O–H groups in total. The van der Waals surface area contributed by atoms with E-state index in [1.807, 2.05) is 52.8 Å². The van der Waals surface area contributed by atoms with Gasteiger partial charge in [-0.3, -0.25) is 4.90 Å². The minimum Gasteiger partial charge on any atom is -0.444 e. The number of hydrogen-bond acceptors (Lipinski definition) is 4. The van der Waals surface area contributed by atoms with Crippen molar-refractivity contribution in [3.63, 3.8) is 0 Å². The van der Waals surface area contributed by atoms with E-state index in [0.29, 0.717) is 13.1 Å². The van der Waals surface area contributed by atoms with Crippen LogP contribution in [0.4, 0.5) is 4.79 Å². The molecule has 0 aromatic heterocycles. The second-order valence-electron chi connectivity index (χ2n) is 8.20. The van der Waals surface area contributed by atoms with E-state index in [9.17, 15) is 9.90 Å². The molecule has 2 rings (SSSR count). The monoisotopic (exact) mass is 348 g/mol. The van der Waals surface area contributed by atoms with Crippen LogP contribution in [0.5, 0.6) is 0 Å². The van der Waals surface area contributed by atoms with Crippen LogP contribution < -0.4 is 0 Å². The van der Waals surface area contributed by atoms with E-state index >= 15 is 0 Å². The van der Waals surface area contributed by atoms with Crippen molar-refractivity contribution in [2.45, 2.75) is 58.9 Å². The van der Waals surface area contributed by atoms with Crippen molar-refractivity contribution >= 4 is 6.09 Å². The van der Waals surface area contributed by atoms with Crippen LogP contribution in [0.25, 0.3) is 0 Å². The molecule has 0 spiro atoms. The minimum absolute atomic E-state index is 0.0756. The first kappa shape index (κ1) is 19.7. The number of hydrogen-bond donors (Lipinski definition) is 1. The van der Waals surface area contributed by atoms with Crippen LogP contribution in [0.1, 0.15) is 40.2 Å². The van der Waals surface area contributed by atoms with Gasteiger partial charge in [0.2, 0.25) is 0 Å². The highest BCUT2D eigenvalue weighted by Crippen LogP contribution is 2.22. The van der Waals surface area contributed by atoms with E-state index < -0.39 is 11.7 Å². The largest absolute Gasteiger partial charge is 0.444 e. The third kappa shape index (κ3) is 5.72. The molecule has 140 valence electrons. The number of ether oxygens (including phenoxy) is 1. The molecule has 1 aromatic rings. The van der Waals surface area contributed by atoms with E-state index in [4.69, 9.17) is 4.74 Å². The summed E-state index contributed by atoms with van der Waals surface area (Å²) in [5, 5.41) is 10.7. The zero-order valence-corrected chi connectivity index (χ0v) is 16.1. The molecule has 25 heavy (non-hydrogen) atoms. The Morgan fingerprint density at radius 1 is 1.24 bits per heavy atom. The summed E-state index contributed by atoms with van der Waals surface area (Å²) in [5.74, 6) is 0.0756. The van der Waals surface area contributed by atoms with Gasteiger partial charge < -0.3 is 14.7 Å². The van der Waals surface area contributed by atoms with Crippen molar-refractivity contribution < 1.29 is 14.6 Å². The molecule has 1 aliphatic heterocycles. The number of rotatable bonds is 4. The van der Waals surface area contributed by atoms with E-state index in [1.165, 1.54) is 5.56 Å². The Kier molecular flexibility index (Phi) is 6.47. The van der Waals surface area contributed by atoms with E-state index in [-0.39, 0.29) is 18.1 Å². The smallest absolute Gasteiger partial charge is 0.410 e. The Morgan fingerprint density at radius 2 is 1.88 bits per heavy atom. The molecule has 0 aliphatic carbocycles. The van der Waals surface area contributed by atoms with Gasteiger partial charge >= 0.3 is 6.09 Å². The predicted molar refractivity (Wildman–Crippen MR) is 99.3 cm³/mol. The second-order valence-corrected chi connectivity index (χ2v) is 8.20. The minimum atomic E-state index is -0.578. The van der Waals surface area contributed by atoms with E-state index in [2.05, 4.69) is 17.0 Å².